The van der Waals surface area contributed by atoms with E-state index < -0.39 is 0 Å². The topological polar surface area (TPSA) is 67.6 Å². The van der Waals surface area contributed by atoms with E-state index in [0.717, 1.165) is 29.8 Å². The first-order valence-electron chi connectivity index (χ1n) is 7.81. The number of unbranched alkanes of at least 4 members (excludes halogenated alkanes) is 1. The van der Waals surface area contributed by atoms with Crippen LogP contribution in [0.4, 0.5) is 0 Å². The molecule has 4 heteroatoms. The average Bonchev–Trinajstić information content (AvgIpc) is 2.94. The van der Waals surface area contributed by atoms with Gasteiger partial charge in [-0.3, -0.25) is 5.10 Å². The zero-order valence-corrected chi connectivity index (χ0v) is 12.7. The third-order valence-electron chi connectivity index (χ3n) is 4.15. The fraction of sp³-hybridized carbons (Fsp3) is 0.625. The summed E-state index contributed by atoms with van der Waals surface area (Å²) in [5.41, 5.74) is 10.5. The number of nitrogens with two attached hydrogens (primary N) is 1. The smallest absolute Gasteiger partial charge is 0.116 e. The molecular formula is C16H26N4. The largest absolute Gasteiger partial charge is 0.330 e. The van der Waals surface area contributed by atoms with Gasteiger partial charge in [-0.2, -0.15) is 0 Å². The lowest BCUT2D eigenvalue weighted by molar-refractivity contribution is 0.448. The van der Waals surface area contributed by atoms with E-state index in [1.807, 2.05) is 0 Å². The van der Waals surface area contributed by atoms with Crippen LogP contribution in [0, 0.1) is 5.92 Å². The van der Waals surface area contributed by atoms with E-state index in [4.69, 9.17) is 5.73 Å². The highest BCUT2D eigenvalue weighted by Gasteiger charge is 2.14. The molecule has 1 atom stereocenters. The van der Waals surface area contributed by atoms with Crippen molar-refractivity contribution in [3.63, 3.8) is 0 Å². The van der Waals surface area contributed by atoms with E-state index in [0.29, 0.717) is 6.54 Å². The van der Waals surface area contributed by atoms with E-state index in [1.54, 1.807) is 0 Å². The lowest BCUT2D eigenvalue weighted by Gasteiger charge is -2.17. The SMILES string of the molecule is CCCCC(CC)Cc1ccc2[nH]nnc2c1CCN. The van der Waals surface area contributed by atoms with Crippen LogP contribution in [0.25, 0.3) is 11.0 Å². The Morgan fingerprint density at radius 3 is 2.85 bits per heavy atom. The predicted octanol–water partition coefficient (Wildman–Crippen LogP) is 3.22. The minimum absolute atomic E-state index is 0.657. The first-order chi connectivity index (χ1) is 9.80. The lowest BCUT2D eigenvalue weighted by atomic mass is 9.89. The highest BCUT2D eigenvalue weighted by molar-refractivity contribution is 5.78. The third kappa shape index (κ3) is 3.37. The minimum Gasteiger partial charge on any atom is -0.330 e. The summed E-state index contributed by atoms with van der Waals surface area (Å²) in [6.45, 7) is 5.20. The van der Waals surface area contributed by atoms with Crippen LogP contribution in [0.15, 0.2) is 12.1 Å². The molecule has 0 spiro atoms. The van der Waals surface area contributed by atoms with Gasteiger partial charge in [0.05, 0.1) is 5.52 Å². The van der Waals surface area contributed by atoms with Gasteiger partial charge in [-0.1, -0.05) is 50.8 Å². The van der Waals surface area contributed by atoms with Gasteiger partial charge < -0.3 is 5.73 Å². The van der Waals surface area contributed by atoms with Gasteiger partial charge in [0, 0.05) is 0 Å². The van der Waals surface area contributed by atoms with Crippen LogP contribution in [0.2, 0.25) is 0 Å². The fourth-order valence-electron chi connectivity index (χ4n) is 2.88. The van der Waals surface area contributed by atoms with Crippen molar-refractivity contribution in [3.05, 3.63) is 23.3 Å². The highest BCUT2D eigenvalue weighted by Crippen LogP contribution is 2.25. The van der Waals surface area contributed by atoms with E-state index in [-0.39, 0.29) is 0 Å². The minimum atomic E-state index is 0.657. The van der Waals surface area contributed by atoms with E-state index in [9.17, 15) is 0 Å². The first-order valence-corrected chi connectivity index (χ1v) is 7.81. The number of H-pyrrole nitrogens is 1. The predicted molar refractivity (Wildman–Crippen MR) is 83.7 cm³/mol. The molecule has 0 saturated heterocycles. The zero-order valence-electron chi connectivity index (χ0n) is 12.7. The number of aromatic nitrogens is 3. The second kappa shape index (κ2) is 7.39. The molecule has 2 rings (SSSR count). The number of benzene rings is 1. The second-order valence-corrected chi connectivity index (χ2v) is 5.57. The van der Waals surface area contributed by atoms with Gasteiger partial charge in [-0.05, 0) is 42.5 Å². The summed E-state index contributed by atoms with van der Waals surface area (Å²) in [6, 6.07) is 4.32. The fourth-order valence-corrected chi connectivity index (χ4v) is 2.88. The Kier molecular flexibility index (Phi) is 5.53. The van der Waals surface area contributed by atoms with Crippen molar-refractivity contribution >= 4 is 11.0 Å². The molecule has 2 aromatic rings. The Morgan fingerprint density at radius 1 is 1.30 bits per heavy atom. The molecular weight excluding hydrogens is 248 g/mol. The molecule has 20 heavy (non-hydrogen) atoms. The lowest BCUT2D eigenvalue weighted by Crippen LogP contribution is -2.10. The quantitative estimate of drug-likeness (QED) is 0.776. The molecule has 0 aliphatic rings. The van der Waals surface area contributed by atoms with Crippen LogP contribution in [-0.2, 0) is 12.8 Å². The van der Waals surface area contributed by atoms with Crippen molar-refractivity contribution in [2.45, 2.75) is 52.4 Å². The van der Waals surface area contributed by atoms with Crippen LogP contribution in [0.3, 0.4) is 0 Å². The monoisotopic (exact) mass is 274 g/mol. The van der Waals surface area contributed by atoms with Crippen LogP contribution in [0.1, 0.15) is 50.7 Å². The summed E-state index contributed by atoms with van der Waals surface area (Å²) in [4.78, 5) is 0. The number of aromatic amines is 1. The Bertz CT molecular complexity index is 532. The Hall–Kier alpha value is -1.42. The summed E-state index contributed by atoms with van der Waals surface area (Å²) in [6.07, 6.45) is 7.15. The molecule has 1 heterocycles. The molecule has 0 radical (unpaired) electrons. The van der Waals surface area contributed by atoms with E-state index >= 15 is 0 Å². The molecule has 0 aliphatic heterocycles. The number of hydrogen-bond acceptors (Lipinski definition) is 3. The molecule has 0 bridgehead atoms. The Balaban J connectivity index is 2.25. The first kappa shape index (κ1) is 15.0. The normalized spacial score (nSPS) is 12.9. The van der Waals surface area contributed by atoms with Gasteiger partial charge in [0.1, 0.15) is 5.52 Å². The number of hydrogen-bond donors (Lipinski definition) is 2. The summed E-state index contributed by atoms with van der Waals surface area (Å²) in [5.74, 6) is 0.760. The summed E-state index contributed by atoms with van der Waals surface area (Å²) in [7, 11) is 0. The van der Waals surface area contributed by atoms with Crippen molar-refractivity contribution in [1.82, 2.24) is 15.4 Å². The van der Waals surface area contributed by atoms with Crippen molar-refractivity contribution < 1.29 is 0 Å². The van der Waals surface area contributed by atoms with Crippen molar-refractivity contribution in [2.24, 2.45) is 11.7 Å². The molecule has 1 aromatic heterocycles. The number of rotatable bonds is 8. The Labute approximate surface area is 121 Å². The third-order valence-corrected chi connectivity index (χ3v) is 4.15. The summed E-state index contributed by atoms with van der Waals surface area (Å²) in [5, 5.41) is 11.1. The molecule has 110 valence electrons. The van der Waals surface area contributed by atoms with E-state index in [1.165, 1.54) is 36.8 Å². The maximum absolute atomic E-state index is 5.77. The van der Waals surface area contributed by atoms with Gasteiger partial charge in [0.15, 0.2) is 0 Å². The van der Waals surface area contributed by atoms with Gasteiger partial charge >= 0.3 is 0 Å². The van der Waals surface area contributed by atoms with Crippen LogP contribution in [0.5, 0.6) is 0 Å². The zero-order chi connectivity index (χ0) is 14.4. The van der Waals surface area contributed by atoms with Gasteiger partial charge in [-0.25, -0.2) is 0 Å². The van der Waals surface area contributed by atoms with Crippen LogP contribution >= 0.6 is 0 Å². The van der Waals surface area contributed by atoms with Gasteiger partial charge in [-0.15, -0.1) is 5.10 Å². The standard InChI is InChI=1S/C16H26N4/c1-3-5-6-12(4-2)11-13-7-8-15-16(19-20-18-15)14(13)9-10-17/h7-8,12H,3-6,9-11,17H2,1-2H3,(H,18,19,20). The molecule has 0 saturated carbocycles. The molecule has 0 amide bonds. The molecule has 1 aromatic carbocycles. The Morgan fingerprint density at radius 2 is 2.15 bits per heavy atom. The summed E-state index contributed by atoms with van der Waals surface area (Å²) < 4.78 is 0. The number of nitrogens with one attached hydrogen (secondary N) is 1. The van der Waals surface area contributed by atoms with Crippen LogP contribution < -0.4 is 5.73 Å². The van der Waals surface area contributed by atoms with Gasteiger partial charge in [0.2, 0.25) is 0 Å². The molecule has 0 aliphatic carbocycles. The van der Waals surface area contributed by atoms with Crippen molar-refractivity contribution in [2.75, 3.05) is 6.54 Å². The number of fused-ring (bicyclic) bond motifs is 1. The molecule has 1 unspecified atom stereocenters. The summed E-state index contributed by atoms with van der Waals surface area (Å²) >= 11 is 0. The van der Waals surface area contributed by atoms with Crippen LogP contribution in [-0.4, -0.2) is 22.0 Å². The maximum Gasteiger partial charge on any atom is 0.116 e. The second-order valence-electron chi connectivity index (χ2n) is 5.57. The molecule has 0 fully saturated rings. The average molecular weight is 274 g/mol. The number of nitrogens with zero attached hydrogens (tertiary/aromatic N) is 2. The van der Waals surface area contributed by atoms with Gasteiger partial charge in [0.25, 0.3) is 0 Å². The van der Waals surface area contributed by atoms with Crippen molar-refractivity contribution in [3.8, 4) is 0 Å². The maximum atomic E-state index is 5.77. The highest BCUT2D eigenvalue weighted by atomic mass is 15.3. The van der Waals surface area contributed by atoms with Crippen molar-refractivity contribution in [1.29, 1.82) is 0 Å². The van der Waals surface area contributed by atoms with E-state index in [2.05, 4.69) is 41.4 Å². The molecule has 4 nitrogen and oxygen atoms in total. The molecule has 3 N–H and O–H groups in total.